The van der Waals surface area contributed by atoms with Crippen LogP contribution in [-0.2, 0) is 4.79 Å². The van der Waals surface area contributed by atoms with E-state index in [9.17, 15) is 4.79 Å². The highest BCUT2D eigenvalue weighted by atomic mass is 16.1. The Labute approximate surface area is 91.8 Å². The monoisotopic (exact) mass is 210 g/mol. The molecule has 0 spiro atoms. The van der Waals surface area contributed by atoms with Crippen LogP contribution >= 0.6 is 0 Å². The second kappa shape index (κ2) is 4.12. The Morgan fingerprint density at radius 1 is 1.20 bits per heavy atom. The van der Waals surface area contributed by atoms with E-state index in [2.05, 4.69) is 5.32 Å². The van der Waals surface area contributed by atoms with E-state index in [1.54, 1.807) is 0 Å². The first-order valence-electron chi connectivity index (χ1n) is 6.12. The highest BCUT2D eigenvalue weighted by molar-refractivity contribution is 5.78. The van der Waals surface area contributed by atoms with Gasteiger partial charge in [-0.2, -0.15) is 0 Å². The molecule has 3 nitrogen and oxygen atoms in total. The molecule has 0 aromatic carbocycles. The molecular formula is C12H22N2O. The molecule has 2 aliphatic rings. The van der Waals surface area contributed by atoms with E-state index in [4.69, 9.17) is 5.73 Å². The molecule has 1 amide bonds. The molecular weight excluding hydrogens is 188 g/mol. The molecule has 15 heavy (non-hydrogen) atoms. The van der Waals surface area contributed by atoms with E-state index in [0.717, 1.165) is 24.7 Å². The minimum atomic E-state index is 0.104. The second-order valence-electron chi connectivity index (χ2n) is 5.58. The molecule has 0 aromatic heterocycles. The summed E-state index contributed by atoms with van der Waals surface area (Å²) in [5.74, 6) is 1.85. The number of nitrogens with one attached hydrogen (secondary N) is 1. The second-order valence-corrected chi connectivity index (χ2v) is 5.58. The molecule has 2 saturated carbocycles. The number of fused-ring (bicyclic) bond motifs is 1. The van der Waals surface area contributed by atoms with Crippen LogP contribution in [0, 0.1) is 17.8 Å². The van der Waals surface area contributed by atoms with Gasteiger partial charge in [-0.3, -0.25) is 4.79 Å². The van der Waals surface area contributed by atoms with Crippen molar-refractivity contribution < 1.29 is 4.79 Å². The van der Waals surface area contributed by atoms with E-state index in [1.807, 2.05) is 13.8 Å². The van der Waals surface area contributed by atoms with Crippen LogP contribution in [0.3, 0.4) is 0 Å². The number of rotatable bonds is 2. The molecule has 2 aliphatic carbocycles. The zero-order valence-electron chi connectivity index (χ0n) is 9.70. The summed E-state index contributed by atoms with van der Waals surface area (Å²) in [6.45, 7) is 3.89. The van der Waals surface area contributed by atoms with Gasteiger partial charge >= 0.3 is 0 Å². The van der Waals surface area contributed by atoms with Gasteiger partial charge in [0.1, 0.15) is 0 Å². The molecule has 0 bridgehead atoms. The van der Waals surface area contributed by atoms with Crippen LogP contribution in [0.4, 0.5) is 0 Å². The quantitative estimate of drug-likeness (QED) is 0.721. The third-order valence-electron chi connectivity index (χ3n) is 3.92. The number of carbonyl (C=O) groups excluding carboxylic acids is 1. The fraction of sp³-hybridized carbons (Fsp3) is 0.917. The SMILES string of the molecule is CC(C)C(=O)NC1CC2CC(N)CC2C1. The largest absolute Gasteiger partial charge is 0.353 e. The highest BCUT2D eigenvalue weighted by Gasteiger charge is 2.40. The Hall–Kier alpha value is -0.570. The average Bonchev–Trinajstić information content (AvgIpc) is 2.60. The minimum Gasteiger partial charge on any atom is -0.353 e. The fourth-order valence-corrected chi connectivity index (χ4v) is 3.15. The smallest absolute Gasteiger partial charge is 0.222 e. The average molecular weight is 210 g/mol. The molecule has 0 aromatic rings. The molecule has 0 aliphatic heterocycles. The summed E-state index contributed by atoms with van der Waals surface area (Å²) >= 11 is 0. The zero-order chi connectivity index (χ0) is 11.0. The van der Waals surface area contributed by atoms with Gasteiger partial charge in [0.2, 0.25) is 5.91 Å². The van der Waals surface area contributed by atoms with Gasteiger partial charge in [0.05, 0.1) is 0 Å². The maximum atomic E-state index is 11.5. The molecule has 0 heterocycles. The van der Waals surface area contributed by atoms with Crippen LogP contribution in [0.1, 0.15) is 39.5 Å². The Kier molecular flexibility index (Phi) is 3.01. The third kappa shape index (κ3) is 2.33. The molecule has 3 N–H and O–H groups in total. The highest BCUT2D eigenvalue weighted by Crippen LogP contribution is 2.43. The number of hydrogen-bond donors (Lipinski definition) is 2. The van der Waals surface area contributed by atoms with E-state index in [-0.39, 0.29) is 11.8 Å². The third-order valence-corrected chi connectivity index (χ3v) is 3.92. The summed E-state index contributed by atoms with van der Waals surface area (Å²) < 4.78 is 0. The van der Waals surface area contributed by atoms with Gasteiger partial charge in [0.25, 0.3) is 0 Å². The van der Waals surface area contributed by atoms with Gasteiger partial charge in [-0.15, -0.1) is 0 Å². The lowest BCUT2D eigenvalue weighted by Gasteiger charge is -2.16. The Morgan fingerprint density at radius 3 is 2.20 bits per heavy atom. The summed E-state index contributed by atoms with van der Waals surface area (Å²) in [6, 6.07) is 0.837. The van der Waals surface area contributed by atoms with Crippen molar-refractivity contribution in [3.05, 3.63) is 0 Å². The fourth-order valence-electron chi connectivity index (χ4n) is 3.15. The maximum absolute atomic E-state index is 11.5. The number of nitrogens with two attached hydrogens (primary N) is 1. The van der Waals surface area contributed by atoms with Crippen LogP contribution in [0.15, 0.2) is 0 Å². The Morgan fingerprint density at radius 2 is 1.73 bits per heavy atom. The van der Waals surface area contributed by atoms with Crippen LogP contribution < -0.4 is 11.1 Å². The lowest BCUT2D eigenvalue weighted by molar-refractivity contribution is -0.124. The first-order valence-corrected chi connectivity index (χ1v) is 6.12. The van der Waals surface area contributed by atoms with E-state index >= 15 is 0 Å². The molecule has 86 valence electrons. The lowest BCUT2D eigenvalue weighted by Crippen LogP contribution is -2.36. The van der Waals surface area contributed by atoms with Crippen molar-refractivity contribution in [1.29, 1.82) is 0 Å². The number of hydrogen-bond acceptors (Lipinski definition) is 2. The Bertz CT molecular complexity index is 238. The summed E-state index contributed by atoms with van der Waals surface area (Å²) in [7, 11) is 0. The van der Waals surface area contributed by atoms with E-state index in [1.165, 1.54) is 12.8 Å². The zero-order valence-corrected chi connectivity index (χ0v) is 9.70. The summed E-state index contributed by atoms with van der Waals surface area (Å²) in [6.07, 6.45) is 4.63. The van der Waals surface area contributed by atoms with Gasteiger partial charge < -0.3 is 11.1 Å². The Balaban J connectivity index is 1.82. The van der Waals surface area contributed by atoms with Crippen molar-refractivity contribution in [1.82, 2.24) is 5.32 Å². The standard InChI is InChI=1S/C12H22N2O/c1-7(2)12(15)14-11-5-8-3-10(13)4-9(8)6-11/h7-11H,3-6,13H2,1-2H3,(H,14,15). The topological polar surface area (TPSA) is 55.1 Å². The van der Waals surface area contributed by atoms with Crippen LogP contribution in [0.5, 0.6) is 0 Å². The predicted molar refractivity (Wildman–Crippen MR) is 60.2 cm³/mol. The van der Waals surface area contributed by atoms with Crippen molar-refractivity contribution in [2.24, 2.45) is 23.5 Å². The molecule has 3 heteroatoms. The maximum Gasteiger partial charge on any atom is 0.222 e. The van der Waals surface area contributed by atoms with E-state index in [0.29, 0.717) is 12.1 Å². The summed E-state index contributed by atoms with van der Waals surface area (Å²) in [4.78, 5) is 11.5. The summed E-state index contributed by atoms with van der Waals surface area (Å²) in [5.41, 5.74) is 5.93. The molecule has 2 unspecified atom stereocenters. The normalized spacial score (nSPS) is 39.5. The predicted octanol–water partition coefficient (Wildman–Crippen LogP) is 1.27. The molecule has 2 fully saturated rings. The summed E-state index contributed by atoms with van der Waals surface area (Å²) in [5, 5.41) is 3.14. The number of amides is 1. The van der Waals surface area contributed by atoms with Crippen molar-refractivity contribution >= 4 is 5.91 Å². The minimum absolute atomic E-state index is 0.104. The number of carbonyl (C=O) groups is 1. The first-order chi connectivity index (χ1) is 7.06. The lowest BCUT2D eigenvalue weighted by atomic mass is 10.0. The molecule has 2 atom stereocenters. The van der Waals surface area contributed by atoms with Crippen molar-refractivity contribution in [2.75, 3.05) is 0 Å². The first kappa shape index (κ1) is 10.9. The van der Waals surface area contributed by atoms with Crippen LogP contribution in [0.25, 0.3) is 0 Å². The van der Waals surface area contributed by atoms with Crippen LogP contribution in [-0.4, -0.2) is 18.0 Å². The van der Waals surface area contributed by atoms with Crippen molar-refractivity contribution in [3.8, 4) is 0 Å². The van der Waals surface area contributed by atoms with Crippen LogP contribution in [0.2, 0.25) is 0 Å². The van der Waals surface area contributed by atoms with Gasteiger partial charge in [0, 0.05) is 18.0 Å². The van der Waals surface area contributed by atoms with Crippen molar-refractivity contribution in [3.63, 3.8) is 0 Å². The van der Waals surface area contributed by atoms with Gasteiger partial charge in [-0.1, -0.05) is 13.8 Å². The van der Waals surface area contributed by atoms with Gasteiger partial charge in [-0.05, 0) is 37.5 Å². The molecule has 0 radical (unpaired) electrons. The molecule has 2 rings (SSSR count). The van der Waals surface area contributed by atoms with Gasteiger partial charge in [-0.25, -0.2) is 0 Å². The molecule has 0 saturated heterocycles. The van der Waals surface area contributed by atoms with Gasteiger partial charge in [0.15, 0.2) is 0 Å². The van der Waals surface area contributed by atoms with Crippen molar-refractivity contribution in [2.45, 2.75) is 51.6 Å². The van der Waals surface area contributed by atoms with E-state index < -0.39 is 0 Å².